The van der Waals surface area contributed by atoms with Gasteiger partial charge in [0.15, 0.2) is 6.10 Å². The van der Waals surface area contributed by atoms with Crippen LogP contribution in [0.3, 0.4) is 0 Å². The molecule has 0 heterocycles. The van der Waals surface area contributed by atoms with Crippen LogP contribution in [0.2, 0.25) is 0 Å². The number of carbonyl (C=O) groups excluding carboxylic acids is 3. The van der Waals surface area contributed by atoms with Crippen LogP contribution in [-0.2, 0) is 37.5 Å². The van der Waals surface area contributed by atoms with Crippen molar-refractivity contribution in [1.29, 1.82) is 0 Å². The molecule has 0 aromatic heterocycles. The van der Waals surface area contributed by atoms with E-state index in [0.717, 1.165) is 44.9 Å². The second-order valence-corrected chi connectivity index (χ2v) is 16.9. The van der Waals surface area contributed by atoms with Crippen molar-refractivity contribution in [3.8, 4) is 0 Å². The van der Waals surface area contributed by atoms with Crippen LogP contribution in [-0.4, -0.2) is 61.8 Å². The van der Waals surface area contributed by atoms with E-state index in [2.05, 4.69) is 29.2 Å². The van der Waals surface area contributed by atoms with E-state index < -0.39 is 32.5 Å². The Balaban J connectivity index is 4.53. The molecule has 0 aliphatic rings. The monoisotopic (exact) mass is 831 g/mol. The SMILES string of the molecule is CCCCCCCCCCCCCCCC(=O)OC[C@H](COP(=O)(O)OCCNC(=O)CCCCCN=[N+]=[N-])OC(=O)CCCCCCCCCCCCCCC. The maximum Gasteiger partial charge on any atom is 0.472 e. The summed E-state index contributed by atoms with van der Waals surface area (Å²) in [6.45, 7) is 3.81. The van der Waals surface area contributed by atoms with Gasteiger partial charge < -0.3 is 19.7 Å². The molecular weight excluding hydrogens is 747 g/mol. The van der Waals surface area contributed by atoms with Crippen molar-refractivity contribution in [1.82, 2.24) is 5.32 Å². The number of hydrogen-bond donors (Lipinski definition) is 2. The maximum atomic E-state index is 12.7. The normalized spacial score (nSPS) is 12.8. The third kappa shape index (κ3) is 41.8. The fraction of sp³-hybridized carbons (Fsp3) is 0.930. The zero-order chi connectivity index (χ0) is 41.9. The minimum Gasteiger partial charge on any atom is -0.462 e. The number of nitrogens with one attached hydrogen (secondary N) is 1. The highest BCUT2D eigenvalue weighted by Crippen LogP contribution is 2.43. The van der Waals surface area contributed by atoms with Gasteiger partial charge in [0.2, 0.25) is 5.91 Å². The minimum atomic E-state index is -4.55. The predicted octanol–water partition coefficient (Wildman–Crippen LogP) is 12.5. The van der Waals surface area contributed by atoms with Crippen molar-refractivity contribution in [3.63, 3.8) is 0 Å². The molecule has 0 saturated heterocycles. The Morgan fingerprint density at radius 3 is 1.49 bits per heavy atom. The Bertz CT molecular complexity index is 1060. The Labute approximate surface area is 346 Å². The molecule has 1 unspecified atom stereocenters. The van der Waals surface area contributed by atoms with Gasteiger partial charge >= 0.3 is 19.8 Å². The number of hydrogen-bond acceptors (Lipinski definition) is 9. The highest BCUT2D eigenvalue weighted by Gasteiger charge is 2.26. The third-order valence-corrected chi connectivity index (χ3v) is 11.0. The van der Waals surface area contributed by atoms with Crippen molar-refractivity contribution in [2.75, 3.05) is 32.9 Å². The summed E-state index contributed by atoms with van der Waals surface area (Å²) in [5.74, 6) is -1.12. The number of phosphoric ester groups is 1. The van der Waals surface area contributed by atoms with E-state index in [4.69, 9.17) is 24.1 Å². The van der Waals surface area contributed by atoms with E-state index in [0.29, 0.717) is 32.2 Å². The van der Waals surface area contributed by atoms with Crippen molar-refractivity contribution in [2.45, 2.75) is 225 Å². The summed E-state index contributed by atoms with van der Waals surface area (Å²) < 4.78 is 33.6. The molecule has 334 valence electrons. The number of rotatable bonds is 44. The lowest BCUT2D eigenvalue weighted by atomic mass is 10.0. The molecule has 14 heteroatoms. The standard InChI is InChI=1S/C43H83N4O9P/c1-3-5-7-9-11-13-15-17-19-21-23-25-29-33-42(49)53-38-40(56-43(50)34-30-26-24-22-20-18-16-14-12-10-8-6-4-2)39-55-57(51,52)54-37-36-45-41(48)32-28-27-31-35-46-47-44/h40H,3-39H2,1-2H3,(H,45,48)(H,51,52)/t40-/m1/s1. The molecule has 0 radical (unpaired) electrons. The summed E-state index contributed by atoms with van der Waals surface area (Å²) >= 11 is 0. The summed E-state index contributed by atoms with van der Waals surface area (Å²) in [6, 6.07) is 0. The molecule has 0 aliphatic carbocycles. The summed E-state index contributed by atoms with van der Waals surface area (Å²) in [7, 11) is -4.55. The number of carbonyl (C=O) groups is 3. The van der Waals surface area contributed by atoms with Crippen LogP contribution in [0, 0.1) is 0 Å². The molecular formula is C43H83N4O9P. The van der Waals surface area contributed by atoms with E-state index in [-0.39, 0.29) is 44.9 Å². The average molecular weight is 831 g/mol. The molecule has 0 aliphatic heterocycles. The Morgan fingerprint density at radius 1 is 0.596 bits per heavy atom. The summed E-state index contributed by atoms with van der Waals surface area (Å²) in [5, 5.41) is 6.07. The lowest BCUT2D eigenvalue weighted by Crippen LogP contribution is -2.30. The van der Waals surface area contributed by atoms with Gasteiger partial charge in [-0.25, -0.2) is 4.57 Å². The molecule has 0 aromatic rings. The van der Waals surface area contributed by atoms with Gasteiger partial charge in [-0.2, -0.15) is 0 Å². The Kier molecular flexibility index (Phi) is 40.4. The summed E-state index contributed by atoms with van der Waals surface area (Å²) in [6.07, 6.45) is 32.9. The van der Waals surface area contributed by atoms with Crippen LogP contribution < -0.4 is 5.32 Å². The Hall–Kier alpha value is -2.17. The van der Waals surface area contributed by atoms with Crippen molar-refractivity contribution >= 4 is 25.7 Å². The fourth-order valence-electron chi connectivity index (χ4n) is 6.54. The van der Waals surface area contributed by atoms with Gasteiger partial charge in [-0.15, -0.1) is 0 Å². The molecule has 2 atom stereocenters. The highest BCUT2D eigenvalue weighted by atomic mass is 31.2. The molecule has 1 amide bonds. The van der Waals surface area contributed by atoms with Gasteiger partial charge in [-0.05, 0) is 31.2 Å². The zero-order valence-electron chi connectivity index (χ0n) is 36.2. The quantitative estimate of drug-likeness (QED) is 0.0150. The number of amides is 1. The summed E-state index contributed by atoms with van der Waals surface area (Å²) in [4.78, 5) is 50.1. The molecule has 57 heavy (non-hydrogen) atoms. The molecule has 0 aromatic carbocycles. The number of phosphoric acid groups is 1. The van der Waals surface area contributed by atoms with E-state index >= 15 is 0 Å². The molecule has 13 nitrogen and oxygen atoms in total. The van der Waals surface area contributed by atoms with Crippen LogP contribution in [0.5, 0.6) is 0 Å². The van der Waals surface area contributed by atoms with Crippen LogP contribution in [0.15, 0.2) is 5.11 Å². The van der Waals surface area contributed by atoms with Crippen molar-refractivity contribution < 1.29 is 42.4 Å². The van der Waals surface area contributed by atoms with Crippen LogP contribution in [0.25, 0.3) is 10.4 Å². The van der Waals surface area contributed by atoms with Gasteiger partial charge in [-0.1, -0.05) is 179 Å². The predicted molar refractivity (Wildman–Crippen MR) is 229 cm³/mol. The number of azide groups is 1. The van der Waals surface area contributed by atoms with Gasteiger partial charge in [0.05, 0.1) is 13.2 Å². The smallest absolute Gasteiger partial charge is 0.462 e. The lowest BCUT2D eigenvalue weighted by molar-refractivity contribution is -0.161. The summed E-state index contributed by atoms with van der Waals surface area (Å²) in [5.41, 5.74) is 8.30. The number of ether oxygens (including phenoxy) is 2. The van der Waals surface area contributed by atoms with E-state index in [1.807, 2.05) is 0 Å². The first-order chi connectivity index (χ1) is 27.7. The van der Waals surface area contributed by atoms with Gasteiger partial charge in [-0.3, -0.25) is 23.4 Å². The largest absolute Gasteiger partial charge is 0.472 e. The van der Waals surface area contributed by atoms with Gasteiger partial charge in [0.1, 0.15) is 6.61 Å². The second-order valence-electron chi connectivity index (χ2n) is 15.5. The second kappa shape index (κ2) is 42.0. The molecule has 0 saturated carbocycles. The number of unbranched alkanes of at least 4 members (excludes halogenated alkanes) is 26. The topological polar surface area (TPSA) is 186 Å². The van der Waals surface area contributed by atoms with Crippen molar-refractivity contribution in [3.05, 3.63) is 10.4 Å². The van der Waals surface area contributed by atoms with Crippen molar-refractivity contribution in [2.24, 2.45) is 5.11 Å². The zero-order valence-corrected chi connectivity index (χ0v) is 37.1. The van der Waals surface area contributed by atoms with E-state index in [1.165, 1.54) is 116 Å². The van der Waals surface area contributed by atoms with Crippen LogP contribution in [0.1, 0.15) is 219 Å². The average Bonchev–Trinajstić information content (AvgIpc) is 3.19. The molecule has 0 rings (SSSR count). The number of nitrogens with zero attached hydrogens (tertiary/aromatic N) is 3. The third-order valence-electron chi connectivity index (χ3n) is 10.0. The minimum absolute atomic E-state index is 0.000183. The van der Waals surface area contributed by atoms with E-state index in [9.17, 15) is 23.8 Å². The molecule has 0 bridgehead atoms. The maximum absolute atomic E-state index is 12.7. The molecule has 0 spiro atoms. The van der Waals surface area contributed by atoms with Gasteiger partial charge in [0, 0.05) is 37.3 Å². The van der Waals surface area contributed by atoms with E-state index in [1.54, 1.807) is 0 Å². The van der Waals surface area contributed by atoms with Crippen LogP contribution in [0.4, 0.5) is 0 Å². The highest BCUT2D eigenvalue weighted by molar-refractivity contribution is 7.47. The van der Waals surface area contributed by atoms with Gasteiger partial charge in [0.25, 0.3) is 0 Å². The molecule has 0 fully saturated rings. The van der Waals surface area contributed by atoms with Crippen LogP contribution >= 0.6 is 7.82 Å². The Morgan fingerprint density at radius 2 is 1.02 bits per heavy atom. The lowest BCUT2D eigenvalue weighted by Gasteiger charge is -2.20. The molecule has 2 N–H and O–H groups in total. The first-order valence-corrected chi connectivity index (χ1v) is 24.5. The number of esters is 2. The first kappa shape index (κ1) is 54.8. The fourth-order valence-corrected chi connectivity index (χ4v) is 7.29. The first-order valence-electron chi connectivity index (χ1n) is 23.0.